The second-order valence-corrected chi connectivity index (χ2v) is 5.66. The van der Waals surface area contributed by atoms with Crippen LogP contribution >= 0.6 is 0 Å². The first-order valence-electron chi connectivity index (χ1n) is 6.53. The monoisotopic (exact) mass is 238 g/mol. The van der Waals surface area contributed by atoms with Crippen molar-refractivity contribution in [3.63, 3.8) is 0 Å². The molecule has 1 heterocycles. The van der Waals surface area contributed by atoms with Crippen LogP contribution in [0.25, 0.3) is 0 Å². The van der Waals surface area contributed by atoms with Crippen molar-refractivity contribution in [1.29, 1.82) is 0 Å². The van der Waals surface area contributed by atoms with Crippen molar-refractivity contribution in [2.45, 2.75) is 52.1 Å². The summed E-state index contributed by atoms with van der Waals surface area (Å²) in [6.07, 6.45) is 7.65. The summed E-state index contributed by atoms with van der Waals surface area (Å²) >= 11 is 0. The molecule has 0 aromatic carbocycles. The lowest BCUT2D eigenvalue weighted by Crippen LogP contribution is -2.53. The maximum absolute atomic E-state index is 12.1. The van der Waals surface area contributed by atoms with Gasteiger partial charge in [0.2, 0.25) is 0 Å². The van der Waals surface area contributed by atoms with E-state index in [9.17, 15) is 4.79 Å². The summed E-state index contributed by atoms with van der Waals surface area (Å²) in [7, 11) is 0. The van der Waals surface area contributed by atoms with Crippen LogP contribution in [-0.2, 0) is 14.3 Å². The van der Waals surface area contributed by atoms with E-state index in [4.69, 9.17) is 9.47 Å². The van der Waals surface area contributed by atoms with Gasteiger partial charge in [0.1, 0.15) is 5.60 Å². The Labute approximate surface area is 103 Å². The lowest BCUT2D eigenvalue weighted by atomic mass is 9.66. The van der Waals surface area contributed by atoms with E-state index in [1.54, 1.807) is 6.26 Å². The predicted octanol–water partition coefficient (Wildman–Crippen LogP) is 3.05. The number of hydrogen-bond donors (Lipinski definition) is 0. The van der Waals surface area contributed by atoms with E-state index in [1.807, 2.05) is 13.0 Å². The highest BCUT2D eigenvalue weighted by Gasteiger charge is 2.58. The van der Waals surface area contributed by atoms with Gasteiger partial charge in [-0.3, -0.25) is 4.79 Å². The van der Waals surface area contributed by atoms with Crippen molar-refractivity contribution < 1.29 is 14.3 Å². The first kappa shape index (κ1) is 12.5. The second-order valence-electron chi connectivity index (χ2n) is 5.66. The summed E-state index contributed by atoms with van der Waals surface area (Å²) in [6.45, 7) is 6.68. The van der Waals surface area contributed by atoms with Crippen LogP contribution in [0.2, 0.25) is 0 Å². The van der Waals surface area contributed by atoms with Crippen molar-refractivity contribution in [3.8, 4) is 0 Å². The van der Waals surface area contributed by atoms with E-state index in [-0.39, 0.29) is 22.9 Å². The zero-order chi connectivity index (χ0) is 12.5. The van der Waals surface area contributed by atoms with Gasteiger partial charge in [0.15, 0.2) is 0 Å². The van der Waals surface area contributed by atoms with Gasteiger partial charge in [-0.05, 0) is 38.7 Å². The molecule has 1 aliphatic carbocycles. The van der Waals surface area contributed by atoms with Crippen LogP contribution in [0.4, 0.5) is 0 Å². The summed E-state index contributed by atoms with van der Waals surface area (Å²) in [6, 6.07) is 0. The maximum atomic E-state index is 12.1. The van der Waals surface area contributed by atoms with Crippen LogP contribution in [0, 0.1) is 11.3 Å². The van der Waals surface area contributed by atoms with Gasteiger partial charge in [0, 0.05) is 5.41 Å². The Balaban J connectivity index is 2.28. The SMILES string of the molecule is CCOC(=O)C1CCCC12OC=CCC2(C)C. The molecule has 96 valence electrons. The molecule has 0 aromatic rings. The lowest BCUT2D eigenvalue weighted by molar-refractivity contribution is -0.169. The van der Waals surface area contributed by atoms with Crippen LogP contribution in [-0.4, -0.2) is 18.2 Å². The van der Waals surface area contributed by atoms with Gasteiger partial charge in [-0.2, -0.15) is 0 Å². The fourth-order valence-electron chi connectivity index (χ4n) is 3.32. The third kappa shape index (κ3) is 1.85. The summed E-state index contributed by atoms with van der Waals surface area (Å²) in [5.74, 6) is -0.198. The second kappa shape index (κ2) is 4.35. The minimum absolute atomic E-state index is 0.00429. The molecule has 0 radical (unpaired) electrons. The number of rotatable bonds is 2. The van der Waals surface area contributed by atoms with Crippen LogP contribution in [0.3, 0.4) is 0 Å². The largest absolute Gasteiger partial charge is 0.494 e. The fraction of sp³-hybridized carbons (Fsp3) is 0.786. The Bertz CT molecular complexity index is 332. The third-order valence-corrected chi connectivity index (χ3v) is 4.32. The number of allylic oxidation sites excluding steroid dienone is 1. The Morgan fingerprint density at radius 2 is 2.29 bits per heavy atom. The summed E-state index contributed by atoms with van der Waals surface area (Å²) in [4.78, 5) is 12.1. The van der Waals surface area contributed by atoms with E-state index < -0.39 is 0 Å². The summed E-state index contributed by atoms with van der Waals surface area (Å²) in [5.41, 5.74) is -0.357. The van der Waals surface area contributed by atoms with Gasteiger partial charge < -0.3 is 9.47 Å². The third-order valence-electron chi connectivity index (χ3n) is 4.32. The molecule has 2 unspecified atom stereocenters. The fourth-order valence-corrected chi connectivity index (χ4v) is 3.32. The molecule has 0 bridgehead atoms. The molecule has 1 spiro atoms. The minimum atomic E-state index is -0.353. The molecule has 2 aliphatic rings. The standard InChI is InChI=1S/C14H22O3/c1-4-16-12(15)11-7-5-9-14(11)13(2,3)8-6-10-17-14/h6,10-11H,4-5,7-9H2,1-3H3. The zero-order valence-corrected chi connectivity index (χ0v) is 11.0. The lowest BCUT2D eigenvalue weighted by Gasteiger charge is -2.48. The Morgan fingerprint density at radius 3 is 2.94 bits per heavy atom. The Hall–Kier alpha value is -0.990. The smallest absolute Gasteiger partial charge is 0.313 e. The van der Waals surface area contributed by atoms with Gasteiger partial charge in [-0.1, -0.05) is 13.8 Å². The topological polar surface area (TPSA) is 35.5 Å². The predicted molar refractivity (Wildman–Crippen MR) is 65.3 cm³/mol. The normalized spacial score (nSPS) is 34.6. The molecule has 0 saturated heterocycles. The first-order valence-corrected chi connectivity index (χ1v) is 6.53. The Kier molecular flexibility index (Phi) is 3.19. The van der Waals surface area contributed by atoms with E-state index in [1.165, 1.54) is 0 Å². The molecule has 2 atom stereocenters. The van der Waals surface area contributed by atoms with Crippen LogP contribution in [0.5, 0.6) is 0 Å². The van der Waals surface area contributed by atoms with E-state index in [0.717, 1.165) is 25.7 Å². The number of carbonyl (C=O) groups is 1. The molecular formula is C14H22O3. The molecular weight excluding hydrogens is 216 g/mol. The van der Waals surface area contributed by atoms with Crippen molar-refractivity contribution in [1.82, 2.24) is 0 Å². The molecule has 0 amide bonds. The van der Waals surface area contributed by atoms with Crippen molar-refractivity contribution in [2.75, 3.05) is 6.61 Å². The van der Waals surface area contributed by atoms with Gasteiger partial charge in [0.05, 0.1) is 18.8 Å². The summed E-state index contributed by atoms with van der Waals surface area (Å²) < 4.78 is 11.1. The van der Waals surface area contributed by atoms with Gasteiger partial charge in [-0.25, -0.2) is 0 Å². The molecule has 2 rings (SSSR count). The zero-order valence-electron chi connectivity index (χ0n) is 11.0. The molecule has 1 aliphatic heterocycles. The minimum Gasteiger partial charge on any atom is -0.494 e. The highest BCUT2D eigenvalue weighted by molar-refractivity contribution is 5.74. The van der Waals surface area contributed by atoms with Crippen molar-refractivity contribution in [3.05, 3.63) is 12.3 Å². The van der Waals surface area contributed by atoms with Crippen molar-refractivity contribution >= 4 is 5.97 Å². The molecule has 3 nitrogen and oxygen atoms in total. The number of hydrogen-bond acceptors (Lipinski definition) is 3. The Morgan fingerprint density at radius 1 is 1.53 bits per heavy atom. The number of esters is 1. The van der Waals surface area contributed by atoms with Crippen LogP contribution in [0.1, 0.15) is 46.5 Å². The average Bonchev–Trinajstić information content (AvgIpc) is 2.68. The molecule has 1 fully saturated rings. The number of carbonyl (C=O) groups excluding carboxylic acids is 1. The molecule has 3 heteroatoms. The molecule has 17 heavy (non-hydrogen) atoms. The highest BCUT2D eigenvalue weighted by Crippen LogP contribution is 2.54. The molecule has 0 aromatic heterocycles. The van der Waals surface area contributed by atoms with E-state index in [2.05, 4.69) is 13.8 Å². The maximum Gasteiger partial charge on any atom is 0.313 e. The van der Waals surface area contributed by atoms with Gasteiger partial charge in [-0.15, -0.1) is 0 Å². The highest BCUT2D eigenvalue weighted by atomic mass is 16.5. The van der Waals surface area contributed by atoms with E-state index in [0.29, 0.717) is 6.61 Å². The van der Waals surface area contributed by atoms with Crippen LogP contribution in [0.15, 0.2) is 12.3 Å². The number of ether oxygens (including phenoxy) is 2. The van der Waals surface area contributed by atoms with Gasteiger partial charge in [0.25, 0.3) is 0 Å². The average molecular weight is 238 g/mol. The molecule has 1 saturated carbocycles. The summed E-state index contributed by atoms with van der Waals surface area (Å²) in [5, 5.41) is 0. The molecule has 0 N–H and O–H groups in total. The van der Waals surface area contributed by atoms with E-state index >= 15 is 0 Å². The first-order chi connectivity index (χ1) is 8.03. The van der Waals surface area contributed by atoms with Crippen molar-refractivity contribution in [2.24, 2.45) is 11.3 Å². The van der Waals surface area contributed by atoms with Crippen LogP contribution < -0.4 is 0 Å². The quantitative estimate of drug-likeness (QED) is 0.694. The van der Waals surface area contributed by atoms with Gasteiger partial charge >= 0.3 is 5.97 Å².